The van der Waals surface area contributed by atoms with E-state index in [9.17, 15) is 13.4 Å². The molecule has 1 aromatic carbocycles. The molecule has 0 spiro atoms. The molecule has 0 radical (unpaired) electrons. The molecule has 0 saturated heterocycles. The van der Waals surface area contributed by atoms with Gasteiger partial charge in [0.15, 0.2) is 9.92 Å². The molecule has 2 aromatic rings. The average Bonchev–Trinajstić information content (AvgIpc) is 3.41. The highest BCUT2D eigenvalue weighted by atomic mass is 32.2. The van der Waals surface area contributed by atoms with Gasteiger partial charge in [0.1, 0.15) is 17.3 Å². The van der Waals surface area contributed by atoms with Crippen molar-refractivity contribution in [2.75, 3.05) is 11.9 Å². The summed E-state index contributed by atoms with van der Waals surface area (Å²) in [6.45, 7) is 0.941. The van der Waals surface area contributed by atoms with Crippen LogP contribution in [0, 0.1) is 5.82 Å². The minimum Gasteiger partial charge on any atom is -0.475 e. The molecule has 8 nitrogen and oxygen atoms in total. The third kappa shape index (κ3) is 2.62. The summed E-state index contributed by atoms with van der Waals surface area (Å²) in [7, 11) is -3.52. The lowest BCUT2D eigenvalue weighted by atomic mass is 9.98. The second-order valence-corrected chi connectivity index (χ2v) is 9.05. The Morgan fingerprint density at radius 2 is 1.86 bits per heavy atom. The Morgan fingerprint density at radius 1 is 1.21 bits per heavy atom. The van der Waals surface area contributed by atoms with Gasteiger partial charge in [0.25, 0.3) is 0 Å². The number of aromatic nitrogens is 2. The van der Waals surface area contributed by atoms with E-state index in [1.165, 1.54) is 10.9 Å². The van der Waals surface area contributed by atoms with Crippen LogP contribution in [-0.2, 0) is 42.1 Å². The number of carbonyl (C=O) groups excluding carboxylic acids is 1. The number of ether oxygens (including phenoxy) is 1. The standard InChI is InChI=1S/C18H20FN5O3S/c19-15-10-3-1-5-12(10)16(13-6-2-4-11(13)15)22-18(25)23-28(20,26)14-9-21-24-7-8-27-17(14)24/h9H,1-8H2,(H3,20,22,23,25,26). The van der Waals surface area contributed by atoms with E-state index in [1.54, 1.807) is 0 Å². The van der Waals surface area contributed by atoms with Crippen molar-refractivity contribution in [1.29, 1.82) is 0 Å². The number of amides is 2. The number of anilines is 1. The molecule has 28 heavy (non-hydrogen) atoms. The van der Waals surface area contributed by atoms with Crippen LogP contribution >= 0.6 is 0 Å². The van der Waals surface area contributed by atoms with Gasteiger partial charge in [-0.2, -0.15) is 5.10 Å². The zero-order valence-corrected chi connectivity index (χ0v) is 16.0. The number of nitrogens with two attached hydrogens (primary N) is 1. The highest BCUT2D eigenvalue weighted by molar-refractivity contribution is 7.91. The fraction of sp³-hybridized carbons (Fsp3) is 0.444. The Bertz CT molecular complexity index is 1100. The van der Waals surface area contributed by atoms with Gasteiger partial charge in [0.05, 0.1) is 12.7 Å². The first-order valence-corrected chi connectivity index (χ1v) is 10.9. The molecule has 148 valence electrons. The van der Waals surface area contributed by atoms with Crippen molar-refractivity contribution in [3.8, 4) is 5.88 Å². The van der Waals surface area contributed by atoms with Crippen LogP contribution in [0.5, 0.6) is 5.88 Å². The van der Waals surface area contributed by atoms with E-state index in [0.29, 0.717) is 55.6 Å². The summed E-state index contributed by atoms with van der Waals surface area (Å²) in [5, 5.41) is 12.7. The molecule has 2 heterocycles. The third-order valence-corrected chi connectivity index (χ3v) is 6.98. The van der Waals surface area contributed by atoms with Crippen LogP contribution in [0.15, 0.2) is 15.5 Å². The van der Waals surface area contributed by atoms with Gasteiger partial charge < -0.3 is 10.1 Å². The predicted molar refractivity (Wildman–Crippen MR) is 100 cm³/mol. The topological polar surface area (TPSA) is 112 Å². The fourth-order valence-electron chi connectivity index (χ4n) is 4.43. The van der Waals surface area contributed by atoms with Crippen LogP contribution in [0.25, 0.3) is 0 Å². The number of hydrogen-bond donors (Lipinski definition) is 2. The van der Waals surface area contributed by atoms with Gasteiger partial charge in [-0.3, -0.25) is 0 Å². The van der Waals surface area contributed by atoms with Crippen molar-refractivity contribution >= 4 is 21.6 Å². The number of halogens is 1. The Labute approximate surface area is 161 Å². The van der Waals surface area contributed by atoms with E-state index in [-0.39, 0.29) is 16.6 Å². The van der Waals surface area contributed by atoms with Crippen LogP contribution in [0.2, 0.25) is 0 Å². The zero-order valence-electron chi connectivity index (χ0n) is 15.2. The van der Waals surface area contributed by atoms with E-state index < -0.39 is 15.9 Å². The van der Waals surface area contributed by atoms with Crippen molar-refractivity contribution in [2.24, 2.45) is 9.50 Å². The zero-order chi connectivity index (χ0) is 19.5. The van der Waals surface area contributed by atoms with Gasteiger partial charge in [-0.05, 0) is 60.8 Å². The van der Waals surface area contributed by atoms with Crippen LogP contribution < -0.4 is 15.2 Å². The van der Waals surface area contributed by atoms with Gasteiger partial charge >= 0.3 is 6.03 Å². The molecule has 5 rings (SSSR count). The van der Waals surface area contributed by atoms with Gasteiger partial charge in [0, 0.05) is 5.69 Å². The molecule has 3 N–H and O–H groups in total. The van der Waals surface area contributed by atoms with Gasteiger partial charge in [-0.1, -0.05) is 0 Å². The molecule has 1 atom stereocenters. The summed E-state index contributed by atoms with van der Waals surface area (Å²) in [4.78, 5) is 12.7. The number of urea groups is 1. The Morgan fingerprint density at radius 3 is 2.54 bits per heavy atom. The first-order chi connectivity index (χ1) is 13.5. The molecule has 1 aliphatic heterocycles. The maximum absolute atomic E-state index is 14.8. The molecule has 2 amide bonds. The lowest BCUT2D eigenvalue weighted by molar-refractivity contribution is 0.260. The normalized spacial score (nSPS) is 18.8. The monoisotopic (exact) mass is 405 g/mol. The number of nitrogens with zero attached hydrogens (tertiary/aromatic N) is 3. The summed E-state index contributed by atoms with van der Waals surface area (Å²) < 4.78 is 38.3. The lowest BCUT2D eigenvalue weighted by Gasteiger charge is -2.16. The van der Waals surface area contributed by atoms with E-state index in [2.05, 4.69) is 14.8 Å². The van der Waals surface area contributed by atoms with Crippen LogP contribution in [0.4, 0.5) is 14.9 Å². The summed E-state index contributed by atoms with van der Waals surface area (Å²) in [5.41, 5.74) is 3.67. The number of hydrogen-bond acceptors (Lipinski definition) is 4. The number of fused-ring (bicyclic) bond motifs is 3. The number of rotatable bonds is 2. The van der Waals surface area contributed by atoms with Crippen molar-refractivity contribution in [1.82, 2.24) is 9.78 Å². The summed E-state index contributed by atoms with van der Waals surface area (Å²) in [6, 6.07) is -0.805. The maximum atomic E-state index is 14.8. The predicted octanol–water partition coefficient (Wildman–Crippen LogP) is 2.32. The third-order valence-electron chi connectivity index (χ3n) is 5.64. The van der Waals surface area contributed by atoms with E-state index in [1.807, 2.05) is 0 Å². The lowest BCUT2D eigenvalue weighted by Crippen LogP contribution is -2.19. The Hall–Kier alpha value is -2.46. The van der Waals surface area contributed by atoms with Crippen molar-refractivity contribution in [3.63, 3.8) is 0 Å². The summed E-state index contributed by atoms with van der Waals surface area (Å²) >= 11 is 0. The quantitative estimate of drug-likeness (QED) is 0.798. The second kappa shape index (κ2) is 6.28. The first-order valence-electron chi connectivity index (χ1n) is 9.35. The smallest absolute Gasteiger partial charge is 0.354 e. The van der Waals surface area contributed by atoms with E-state index in [4.69, 9.17) is 9.88 Å². The fourth-order valence-corrected chi connectivity index (χ4v) is 5.44. The highest BCUT2D eigenvalue weighted by Crippen LogP contribution is 2.41. The van der Waals surface area contributed by atoms with Crippen molar-refractivity contribution in [2.45, 2.75) is 50.0 Å². The summed E-state index contributed by atoms with van der Waals surface area (Å²) in [6.07, 6.45) is 5.77. The summed E-state index contributed by atoms with van der Waals surface area (Å²) in [5.74, 6) is 0.165. The molecular formula is C18H20FN5O3S. The van der Waals surface area contributed by atoms with E-state index in [0.717, 1.165) is 24.0 Å². The van der Waals surface area contributed by atoms with Crippen molar-refractivity contribution < 1.29 is 18.1 Å². The van der Waals surface area contributed by atoms with Crippen molar-refractivity contribution in [3.05, 3.63) is 34.3 Å². The molecule has 1 aromatic heterocycles. The highest BCUT2D eigenvalue weighted by Gasteiger charge is 2.30. The second-order valence-electron chi connectivity index (χ2n) is 7.29. The molecular weight excluding hydrogens is 385 g/mol. The van der Waals surface area contributed by atoms with Gasteiger partial charge in [0.2, 0.25) is 5.88 Å². The molecule has 10 heteroatoms. The van der Waals surface area contributed by atoms with Crippen LogP contribution in [-0.4, -0.2) is 26.6 Å². The van der Waals surface area contributed by atoms with Gasteiger partial charge in [-0.15, -0.1) is 4.36 Å². The molecule has 2 aliphatic carbocycles. The largest absolute Gasteiger partial charge is 0.475 e. The maximum Gasteiger partial charge on any atom is 0.354 e. The number of benzene rings is 1. The van der Waals surface area contributed by atoms with Crippen LogP contribution in [0.1, 0.15) is 35.1 Å². The first kappa shape index (κ1) is 17.6. The molecule has 0 fully saturated rings. The van der Waals surface area contributed by atoms with Crippen LogP contribution in [0.3, 0.4) is 0 Å². The number of nitrogens with one attached hydrogen (secondary N) is 1. The average molecular weight is 405 g/mol. The molecule has 0 saturated carbocycles. The molecule has 3 aliphatic rings. The van der Waals surface area contributed by atoms with Gasteiger partial charge in [-0.25, -0.2) is 23.2 Å². The Kier molecular flexibility index (Phi) is 3.95. The molecule has 1 unspecified atom stereocenters. The SMILES string of the molecule is NS(=O)(=NC(=O)Nc1c2c(c(F)c3c1CCC3)CCC2)c1cnn2c1OCC2. The van der Waals surface area contributed by atoms with E-state index >= 15 is 0 Å². The minimum absolute atomic E-state index is 0.106. The number of carbonyl (C=O) groups is 1. The Balaban J connectivity index is 1.52. The molecule has 0 bridgehead atoms. The minimum atomic E-state index is -3.52.